The Morgan fingerprint density at radius 3 is 2.71 bits per heavy atom. The maximum Gasteiger partial charge on any atom is 0.326 e. The van der Waals surface area contributed by atoms with Crippen molar-refractivity contribution < 1.29 is 4.79 Å². The Hall–Kier alpha value is -3.03. The van der Waals surface area contributed by atoms with Crippen molar-refractivity contribution in [1.82, 2.24) is 29.7 Å². The highest BCUT2D eigenvalue weighted by Gasteiger charge is 2.27. The van der Waals surface area contributed by atoms with Gasteiger partial charge in [-0.2, -0.15) is 0 Å². The van der Waals surface area contributed by atoms with Gasteiger partial charge in [0, 0.05) is 31.0 Å². The van der Waals surface area contributed by atoms with Crippen LogP contribution in [0.25, 0.3) is 11.0 Å². The molecule has 0 radical (unpaired) electrons. The topological polar surface area (TPSA) is 98.8 Å². The maximum atomic E-state index is 12.7. The number of H-pyrrole nitrogens is 2. The van der Waals surface area contributed by atoms with Gasteiger partial charge in [-0.15, -0.1) is 0 Å². The number of aromatic amines is 2. The van der Waals surface area contributed by atoms with E-state index in [1.807, 2.05) is 47.6 Å². The molecule has 4 rings (SSSR count). The number of nitrogens with zero attached hydrogens (tertiary/aromatic N) is 3. The molecule has 0 saturated carbocycles. The van der Waals surface area contributed by atoms with Crippen LogP contribution in [0.2, 0.25) is 0 Å². The van der Waals surface area contributed by atoms with Crippen molar-refractivity contribution in [3.05, 3.63) is 52.5 Å². The predicted octanol–water partition coefficient (Wildman–Crippen LogP) is 2.86. The number of nitrogens with one attached hydrogen (secondary N) is 3. The minimum atomic E-state index is -0.129. The number of para-hydroxylation sites is 2. The van der Waals surface area contributed by atoms with Crippen molar-refractivity contribution in [2.24, 2.45) is 0 Å². The van der Waals surface area contributed by atoms with E-state index in [1.165, 1.54) is 0 Å². The first kappa shape index (κ1) is 18.3. The number of amides is 2. The molecular weight excluding hydrogens is 356 g/mol. The summed E-state index contributed by atoms with van der Waals surface area (Å²) in [6.45, 7) is 5.22. The molecule has 1 fully saturated rings. The largest absolute Gasteiger partial charge is 0.344 e. The van der Waals surface area contributed by atoms with Gasteiger partial charge in [0.05, 0.1) is 17.1 Å². The lowest BCUT2D eigenvalue weighted by Gasteiger charge is -2.33. The van der Waals surface area contributed by atoms with Gasteiger partial charge in [-0.05, 0) is 38.3 Å². The van der Waals surface area contributed by atoms with Crippen molar-refractivity contribution in [3.63, 3.8) is 0 Å². The first-order chi connectivity index (χ1) is 13.6. The molecule has 2 aromatic heterocycles. The average molecular weight is 382 g/mol. The van der Waals surface area contributed by atoms with Gasteiger partial charge in [0.2, 0.25) is 0 Å². The van der Waals surface area contributed by atoms with E-state index in [4.69, 9.17) is 0 Å². The summed E-state index contributed by atoms with van der Waals surface area (Å²) in [5, 5.41) is 3.08. The summed E-state index contributed by atoms with van der Waals surface area (Å²) < 4.78 is 1.84. The van der Waals surface area contributed by atoms with E-state index in [-0.39, 0.29) is 23.8 Å². The molecule has 8 nitrogen and oxygen atoms in total. The molecule has 0 bridgehead atoms. The van der Waals surface area contributed by atoms with Crippen molar-refractivity contribution >= 4 is 17.1 Å². The van der Waals surface area contributed by atoms with Crippen LogP contribution >= 0.6 is 0 Å². The molecule has 1 aromatic carbocycles. The number of rotatable bonds is 4. The Balaban J connectivity index is 1.41. The van der Waals surface area contributed by atoms with E-state index in [1.54, 1.807) is 6.20 Å². The van der Waals surface area contributed by atoms with Gasteiger partial charge in [-0.3, -0.25) is 4.57 Å². The molecule has 148 valence electrons. The molecule has 0 unspecified atom stereocenters. The van der Waals surface area contributed by atoms with Crippen LogP contribution in [-0.2, 0) is 0 Å². The lowest BCUT2D eigenvalue weighted by molar-refractivity contribution is 0.167. The minimum Gasteiger partial charge on any atom is -0.344 e. The van der Waals surface area contributed by atoms with Crippen LogP contribution in [0.3, 0.4) is 0 Å². The summed E-state index contributed by atoms with van der Waals surface area (Å²) in [6, 6.07) is 7.62. The second-order valence-electron chi connectivity index (χ2n) is 7.40. The Labute approximate surface area is 163 Å². The van der Waals surface area contributed by atoms with E-state index < -0.39 is 0 Å². The molecule has 8 heteroatoms. The van der Waals surface area contributed by atoms with Gasteiger partial charge in [0.15, 0.2) is 0 Å². The summed E-state index contributed by atoms with van der Waals surface area (Å²) >= 11 is 0. The number of urea groups is 1. The van der Waals surface area contributed by atoms with Crippen LogP contribution in [0.1, 0.15) is 49.8 Å². The lowest BCUT2D eigenvalue weighted by atomic mass is 10.0. The van der Waals surface area contributed by atoms with Crippen LogP contribution in [0.5, 0.6) is 0 Å². The Bertz CT molecular complexity index is 1020. The fourth-order valence-electron chi connectivity index (χ4n) is 3.98. The van der Waals surface area contributed by atoms with Gasteiger partial charge in [-0.1, -0.05) is 19.1 Å². The van der Waals surface area contributed by atoms with Crippen molar-refractivity contribution in [3.8, 4) is 0 Å². The fraction of sp³-hybridized carbons (Fsp3) is 0.450. The fourth-order valence-corrected chi connectivity index (χ4v) is 3.98. The van der Waals surface area contributed by atoms with Crippen molar-refractivity contribution in [2.75, 3.05) is 13.1 Å². The van der Waals surface area contributed by atoms with Crippen LogP contribution in [0.15, 0.2) is 35.3 Å². The molecule has 1 saturated heterocycles. The van der Waals surface area contributed by atoms with Gasteiger partial charge in [-0.25, -0.2) is 14.6 Å². The third-order valence-electron chi connectivity index (χ3n) is 5.50. The molecule has 0 aliphatic carbocycles. The molecule has 2 amide bonds. The molecule has 3 heterocycles. The van der Waals surface area contributed by atoms with Crippen molar-refractivity contribution in [2.45, 2.75) is 45.2 Å². The number of hydrogen-bond acceptors (Lipinski definition) is 3. The number of carbonyl (C=O) groups is 1. The number of benzene rings is 1. The molecule has 1 atom stereocenters. The molecule has 28 heavy (non-hydrogen) atoms. The molecule has 0 spiro atoms. The number of carbonyl (C=O) groups excluding carboxylic acids is 1. The van der Waals surface area contributed by atoms with E-state index in [2.05, 4.69) is 20.3 Å². The van der Waals surface area contributed by atoms with E-state index in [0.717, 1.165) is 41.8 Å². The summed E-state index contributed by atoms with van der Waals surface area (Å²) in [5.74, 6) is 0.786. The van der Waals surface area contributed by atoms with E-state index >= 15 is 0 Å². The van der Waals surface area contributed by atoms with E-state index in [9.17, 15) is 9.59 Å². The second-order valence-corrected chi connectivity index (χ2v) is 7.40. The second kappa shape index (κ2) is 7.53. The lowest BCUT2D eigenvalue weighted by Crippen LogP contribution is -2.46. The highest BCUT2D eigenvalue weighted by Crippen LogP contribution is 2.25. The third kappa shape index (κ3) is 3.42. The Morgan fingerprint density at radius 1 is 1.29 bits per heavy atom. The Kier molecular flexibility index (Phi) is 4.93. The van der Waals surface area contributed by atoms with Crippen molar-refractivity contribution in [1.29, 1.82) is 0 Å². The first-order valence-electron chi connectivity index (χ1n) is 9.83. The van der Waals surface area contributed by atoms with Crippen LogP contribution < -0.4 is 11.0 Å². The highest BCUT2D eigenvalue weighted by atomic mass is 16.2. The van der Waals surface area contributed by atoms with Gasteiger partial charge >= 0.3 is 11.7 Å². The summed E-state index contributed by atoms with van der Waals surface area (Å²) in [7, 11) is 0. The summed E-state index contributed by atoms with van der Waals surface area (Å²) in [4.78, 5) is 37.4. The van der Waals surface area contributed by atoms with Gasteiger partial charge < -0.3 is 20.2 Å². The number of imidazole rings is 2. The molecular formula is C20H26N6O2. The zero-order chi connectivity index (χ0) is 19.7. The number of piperidine rings is 1. The number of aromatic nitrogens is 4. The number of aryl methyl sites for hydroxylation is 1. The number of hydrogen-bond donors (Lipinski definition) is 3. The van der Waals surface area contributed by atoms with Crippen LogP contribution in [0, 0.1) is 6.92 Å². The standard InChI is InChI=1S/C20H26N6O2/c1-3-15(18-21-12-13(2)22-18)23-19(27)25-10-8-14(9-11-25)26-17-7-5-4-6-16(17)24-20(26)28/h4-7,12,14-15H,3,8-11H2,1-2H3,(H,21,22)(H,23,27)(H,24,28)/t15-/m0/s1. The Morgan fingerprint density at radius 2 is 2.04 bits per heavy atom. The zero-order valence-electron chi connectivity index (χ0n) is 16.2. The SMILES string of the molecule is CC[C@H](NC(=O)N1CCC(n2c(=O)[nH]c3ccccc32)CC1)c1ncc(C)[nH]1. The highest BCUT2D eigenvalue weighted by molar-refractivity contribution is 5.76. The monoisotopic (exact) mass is 382 g/mol. The third-order valence-corrected chi connectivity index (χ3v) is 5.50. The summed E-state index contributed by atoms with van der Waals surface area (Å²) in [5.41, 5.74) is 2.68. The van der Waals surface area contributed by atoms with E-state index in [0.29, 0.717) is 13.1 Å². The predicted molar refractivity (Wildman–Crippen MR) is 107 cm³/mol. The smallest absolute Gasteiger partial charge is 0.326 e. The van der Waals surface area contributed by atoms with Gasteiger partial charge in [0.25, 0.3) is 0 Å². The number of fused-ring (bicyclic) bond motifs is 1. The minimum absolute atomic E-state index is 0.0781. The molecule has 1 aliphatic rings. The molecule has 3 aromatic rings. The quantitative estimate of drug-likeness (QED) is 0.647. The van der Waals surface area contributed by atoms with Gasteiger partial charge in [0.1, 0.15) is 5.82 Å². The van der Waals surface area contributed by atoms with Crippen LogP contribution in [0.4, 0.5) is 4.79 Å². The molecule has 3 N–H and O–H groups in total. The first-order valence-corrected chi connectivity index (χ1v) is 9.83. The summed E-state index contributed by atoms with van der Waals surface area (Å²) in [6.07, 6.45) is 4.05. The average Bonchev–Trinajstić information content (AvgIpc) is 3.28. The number of likely N-dealkylation sites (tertiary alicyclic amines) is 1. The molecule has 1 aliphatic heterocycles. The zero-order valence-corrected chi connectivity index (χ0v) is 16.2. The normalized spacial score (nSPS) is 16.4. The maximum absolute atomic E-state index is 12.7. The van der Waals surface area contributed by atoms with Crippen LogP contribution in [-0.4, -0.2) is 43.5 Å².